The van der Waals surface area contributed by atoms with Gasteiger partial charge >= 0.3 is 0 Å². The summed E-state index contributed by atoms with van der Waals surface area (Å²) < 4.78 is 31.4. The minimum atomic E-state index is -3.90. The van der Waals surface area contributed by atoms with Crippen molar-refractivity contribution < 1.29 is 22.7 Å². The molecule has 1 atom stereocenters. The van der Waals surface area contributed by atoms with Crippen LogP contribution in [0.4, 0.5) is 5.69 Å². The van der Waals surface area contributed by atoms with Gasteiger partial charge in [-0.2, -0.15) is 0 Å². The Bertz CT molecular complexity index is 1090. The fraction of sp³-hybridized carbons (Fsp3) is 0.333. The molecule has 0 aliphatic heterocycles. The lowest BCUT2D eigenvalue weighted by molar-refractivity contribution is -0.139. The molecule has 32 heavy (non-hydrogen) atoms. The molecule has 8 nitrogen and oxygen atoms in total. The van der Waals surface area contributed by atoms with E-state index in [1.165, 1.54) is 31.2 Å². The zero-order valence-electron chi connectivity index (χ0n) is 18.1. The van der Waals surface area contributed by atoms with Gasteiger partial charge in [-0.25, -0.2) is 8.42 Å². The van der Waals surface area contributed by atoms with Gasteiger partial charge in [0, 0.05) is 23.6 Å². The van der Waals surface area contributed by atoms with Crippen LogP contribution >= 0.6 is 23.2 Å². The summed E-state index contributed by atoms with van der Waals surface area (Å²) in [6.07, 6.45) is 0.976. The second-order valence-corrected chi connectivity index (χ2v) is 9.81. The maximum Gasteiger partial charge on any atom is 0.244 e. The van der Waals surface area contributed by atoms with Crippen LogP contribution < -0.4 is 14.4 Å². The fourth-order valence-electron chi connectivity index (χ4n) is 3.08. The molecule has 0 spiro atoms. The molecule has 0 heterocycles. The van der Waals surface area contributed by atoms with Crippen molar-refractivity contribution in [3.05, 3.63) is 58.1 Å². The van der Waals surface area contributed by atoms with Crippen molar-refractivity contribution in [2.45, 2.75) is 19.5 Å². The summed E-state index contributed by atoms with van der Waals surface area (Å²) in [5, 5.41) is 3.26. The summed E-state index contributed by atoms with van der Waals surface area (Å²) in [5.74, 6) is -0.756. The average Bonchev–Trinajstić information content (AvgIpc) is 2.73. The van der Waals surface area contributed by atoms with Crippen LogP contribution in [0.15, 0.2) is 42.5 Å². The van der Waals surface area contributed by atoms with E-state index in [1.807, 2.05) is 0 Å². The van der Waals surface area contributed by atoms with Gasteiger partial charge in [-0.15, -0.1) is 0 Å². The Morgan fingerprint density at radius 1 is 1.12 bits per heavy atom. The first kappa shape index (κ1) is 25.8. The molecule has 1 N–H and O–H groups in total. The van der Waals surface area contributed by atoms with E-state index in [0.717, 1.165) is 10.6 Å². The summed E-state index contributed by atoms with van der Waals surface area (Å²) >= 11 is 12.1. The molecule has 2 amide bonds. The number of ether oxygens (including phenoxy) is 1. The van der Waals surface area contributed by atoms with Crippen molar-refractivity contribution in [1.29, 1.82) is 0 Å². The third-order valence-corrected chi connectivity index (χ3v) is 6.34. The lowest BCUT2D eigenvalue weighted by atomic mass is 10.1. The normalized spacial score (nSPS) is 12.1. The summed E-state index contributed by atoms with van der Waals surface area (Å²) in [4.78, 5) is 26.9. The number of benzene rings is 2. The van der Waals surface area contributed by atoms with E-state index in [1.54, 1.807) is 37.3 Å². The molecular formula is C21H25Cl2N3O5S. The van der Waals surface area contributed by atoms with E-state index in [2.05, 4.69) is 5.32 Å². The highest BCUT2D eigenvalue weighted by Crippen LogP contribution is 2.33. The van der Waals surface area contributed by atoms with Crippen LogP contribution in [0.1, 0.15) is 12.5 Å². The van der Waals surface area contributed by atoms with Gasteiger partial charge in [0.15, 0.2) is 0 Å². The van der Waals surface area contributed by atoms with Crippen LogP contribution in [0, 0.1) is 0 Å². The summed E-state index contributed by atoms with van der Waals surface area (Å²) in [6, 6.07) is 10.4. The quantitative estimate of drug-likeness (QED) is 0.569. The fourth-order valence-corrected chi connectivity index (χ4v) is 4.30. The third kappa shape index (κ3) is 6.51. The van der Waals surface area contributed by atoms with E-state index in [4.69, 9.17) is 27.9 Å². The highest BCUT2D eigenvalue weighted by molar-refractivity contribution is 7.92. The monoisotopic (exact) mass is 501 g/mol. The Morgan fingerprint density at radius 2 is 1.78 bits per heavy atom. The van der Waals surface area contributed by atoms with Crippen molar-refractivity contribution in [1.82, 2.24) is 10.2 Å². The van der Waals surface area contributed by atoms with Gasteiger partial charge in [-0.1, -0.05) is 35.3 Å². The van der Waals surface area contributed by atoms with E-state index < -0.39 is 34.4 Å². The average molecular weight is 502 g/mol. The lowest BCUT2D eigenvalue weighted by Gasteiger charge is -2.31. The van der Waals surface area contributed by atoms with Crippen molar-refractivity contribution in [2.75, 3.05) is 31.3 Å². The number of carbonyl (C=O) groups is 2. The van der Waals surface area contributed by atoms with E-state index in [0.29, 0.717) is 10.6 Å². The van der Waals surface area contributed by atoms with Crippen molar-refractivity contribution in [3.63, 3.8) is 0 Å². The molecule has 0 aliphatic rings. The van der Waals surface area contributed by atoms with Crippen molar-refractivity contribution in [2.24, 2.45) is 0 Å². The summed E-state index contributed by atoms with van der Waals surface area (Å²) in [6.45, 7) is 1.06. The van der Waals surface area contributed by atoms with Crippen LogP contribution in [0.25, 0.3) is 0 Å². The zero-order valence-corrected chi connectivity index (χ0v) is 20.5. The van der Waals surface area contributed by atoms with Gasteiger partial charge in [0.25, 0.3) is 0 Å². The smallest absolute Gasteiger partial charge is 0.244 e. The first-order valence-electron chi connectivity index (χ1n) is 9.54. The predicted molar refractivity (Wildman–Crippen MR) is 126 cm³/mol. The Labute approximate surface area is 198 Å². The Kier molecular flexibility index (Phi) is 8.77. The van der Waals surface area contributed by atoms with Crippen LogP contribution in [0.3, 0.4) is 0 Å². The second-order valence-electron chi connectivity index (χ2n) is 7.03. The van der Waals surface area contributed by atoms with Crippen LogP contribution in [-0.4, -0.2) is 58.1 Å². The molecule has 0 saturated heterocycles. The largest absolute Gasteiger partial charge is 0.495 e. The molecule has 2 aromatic rings. The minimum Gasteiger partial charge on any atom is -0.495 e. The number of rotatable bonds is 9. The molecule has 0 saturated carbocycles. The zero-order chi connectivity index (χ0) is 24.1. The van der Waals surface area contributed by atoms with Crippen LogP contribution in [-0.2, 0) is 26.2 Å². The maximum atomic E-state index is 13.3. The van der Waals surface area contributed by atoms with Gasteiger partial charge < -0.3 is 15.0 Å². The minimum absolute atomic E-state index is 0.0538. The molecular weight excluding hydrogens is 477 g/mol. The van der Waals surface area contributed by atoms with E-state index in [-0.39, 0.29) is 23.0 Å². The maximum absolute atomic E-state index is 13.3. The first-order valence-corrected chi connectivity index (χ1v) is 12.1. The number of hydrogen-bond acceptors (Lipinski definition) is 5. The van der Waals surface area contributed by atoms with Gasteiger partial charge in [-0.05, 0) is 42.8 Å². The lowest BCUT2D eigenvalue weighted by Crippen LogP contribution is -2.50. The number of sulfonamides is 1. The molecule has 2 rings (SSSR count). The standard InChI is InChI=1S/C21H25Cl2N3O5S/c1-14(21(28)24-2)25(12-15-6-5-7-16(22)10-15)20(27)13-26(32(4,29)30)18-11-17(23)8-9-19(18)31-3/h5-11,14H,12-13H2,1-4H3,(H,24,28)/t14-/m0/s1. The molecule has 0 fully saturated rings. The molecule has 2 aromatic carbocycles. The van der Waals surface area contributed by atoms with E-state index in [9.17, 15) is 18.0 Å². The third-order valence-electron chi connectivity index (χ3n) is 4.74. The van der Waals surface area contributed by atoms with Gasteiger partial charge in [0.2, 0.25) is 21.8 Å². The number of nitrogens with one attached hydrogen (secondary N) is 1. The highest BCUT2D eigenvalue weighted by Gasteiger charge is 2.31. The van der Waals surface area contributed by atoms with E-state index >= 15 is 0 Å². The molecule has 0 bridgehead atoms. The Hall–Kier alpha value is -2.49. The van der Waals surface area contributed by atoms with Crippen LogP contribution in [0.2, 0.25) is 10.0 Å². The summed E-state index contributed by atoms with van der Waals surface area (Å²) in [5.41, 5.74) is 0.805. The molecule has 0 aliphatic carbocycles. The number of nitrogens with zero attached hydrogens (tertiary/aromatic N) is 2. The Balaban J connectivity index is 2.46. The summed E-state index contributed by atoms with van der Waals surface area (Å²) in [7, 11) is -1.06. The van der Waals surface area contributed by atoms with Gasteiger partial charge in [0.05, 0.1) is 19.1 Å². The highest BCUT2D eigenvalue weighted by atomic mass is 35.5. The molecule has 11 heteroatoms. The van der Waals surface area contributed by atoms with Crippen molar-refractivity contribution >= 4 is 50.7 Å². The topological polar surface area (TPSA) is 96.0 Å². The molecule has 0 unspecified atom stereocenters. The number of methoxy groups -OCH3 is 1. The molecule has 174 valence electrons. The predicted octanol–water partition coefficient (Wildman–Crippen LogP) is 2.93. The SMILES string of the molecule is CNC(=O)[C@H](C)N(Cc1cccc(Cl)c1)C(=O)CN(c1cc(Cl)ccc1OC)S(C)(=O)=O. The van der Waals surface area contributed by atoms with Gasteiger partial charge in [-0.3, -0.25) is 13.9 Å². The number of anilines is 1. The first-order chi connectivity index (χ1) is 15.0. The molecule has 0 radical (unpaired) electrons. The Morgan fingerprint density at radius 3 is 2.34 bits per heavy atom. The molecule has 0 aromatic heterocycles. The second kappa shape index (κ2) is 10.9. The van der Waals surface area contributed by atoms with Crippen molar-refractivity contribution in [3.8, 4) is 5.75 Å². The number of hydrogen-bond donors (Lipinski definition) is 1. The number of carbonyl (C=O) groups excluding carboxylic acids is 2. The number of amides is 2. The van der Waals surface area contributed by atoms with Gasteiger partial charge in [0.1, 0.15) is 18.3 Å². The number of halogens is 2. The number of likely N-dealkylation sites (N-methyl/N-ethyl adjacent to an activating group) is 1. The van der Waals surface area contributed by atoms with Crippen LogP contribution in [0.5, 0.6) is 5.75 Å².